The molecule has 0 heterocycles. The smallest absolute Gasteiger partial charge is 0.352 e. The van der Waals surface area contributed by atoms with Crippen LogP contribution in [0.5, 0.6) is 0 Å². The van der Waals surface area contributed by atoms with Crippen LogP contribution in [-0.4, -0.2) is 6.03 Å². The van der Waals surface area contributed by atoms with Crippen molar-refractivity contribution in [2.75, 3.05) is 5.32 Å². The Bertz CT molecular complexity index is 722. The summed E-state index contributed by atoms with van der Waals surface area (Å²) in [5.74, 6) is -1.28. The Morgan fingerprint density at radius 3 is 2.39 bits per heavy atom. The third-order valence-electron chi connectivity index (χ3n) is 2.82. The molecule has 0 fully saturated rings. The van der Waals surface area contributed by atoms with Crippen LogP contribution in [0.25, 0.3) is 11.1 Å². The summed E-state index contributed by atoms with van der Waals surface area (Å²) in [4.78, 5) is 10.6. The van der Waals surface area contributed by atoms with Gasteiger partial charge in [0.15, 0.2) is 0 Å². The number of urea groups is 1. The number of carbonyl (C=O) groups excluding carboxylic acids is 1. The van der Waals surface area contributed by atoms with Gasteiger partial charge in [0.1, 0.15) is 5.82 Å². The van der Waals surface area contributed by atoms with E-state index < -0.39 is 17.7 Å². The van der Waals surface area contributed by atoms with E-state index in [0.29, 0.717) is 11.3 Å². The second-order valence-corrected chi connectivity index (χ2v) is 4.46. The Morgan fingerprint density at radius 2 is 1.87 bits per heavy atom. The molecule has 0 bridgehead atoms. The molecule has 3 N–H and O–H groups in total. The molecule has 0 atom stereocenters. The Morgan fingerprint density at radius 1 is 1.17 bits per heavy atom. The average molecular weight is 356 g/mol. The summed E-state index contributed by atoms with van der Waals surface area (Å²) in [6, 6.07) is 17.4. The number of anilines is 1. The minimum atomic E-state index is -0.693. The standard InChI is InChI=1S/C12H9F2N2O.C5H5.Fe/c13-8-2-4-10(11(14)6-8)7-1-3-9(5-7)16-12(15)17;1-2-4-5-3-1;/h1-6H,(H3,15,16,17);1-5H;/q2*-1;+6. The van der Waals surface area contributed by atoms with Crippen molar-refractivity contribution in [2.24, 2.45) is 5.73 Å². The molecule has 0 aliphatic heterocycles. The monoisotopic (exact) mass is 356 g/mol. The topological polar surface area (TPSA) is 55.1 Å². The molecule has 0 unspecified atom stereocenters. The van der Waals surface area contributed by atoms with Crippen molar-refractivity contribution < 1.29 is 30.6 Å². The summed E-state index contributed by atoms with van der Waals surface area (Å²) in [6.07, 6.45) is 0. The van der Waals surface area contributed by atoms with Crippen LogP contribution >= 0.6 is 0 Å². The molecular weight excluding hydrogens is 342 g/mol. The van der Waals surface area contributed by atoms with E-state index in [1.807, 2.05) is 30.3 Å². The largest absolute Gasteiger partial charge is 6.00 e. The molecule has 3 rings (SSSR count). The molecule has 0 saturated heterocycles. The quantitative estimate of drug-likeness (QED) is 0.524. The molecule has 0 saturated carbocycles. The molecule has 6 heteroatoms. The Labute approximate surface area is 143 Å². The van der Waals surface area contributed by atoms with Crippen molar-refractivity contribution in [2.45, 2.75) is 0 Å². The molecule has 3 aromatic rings. The van der Waals surface area contributed by atoms with Crippen LogP contribution in [-0.2, 0) is 17.1 Å². The maximum absolute atomic E-state index is 13.5. The first kappa shape index (κ1) is 18.6. The van der Waals surface area contributed by atoms with Gasteiger partial charge in [0, 0.05) is 0 Å². The van der Waals surface area contributed by atoms with Gasteiger partial charge in [-0.25, -0.2) is 21.3 Å². The molecule has 3 nitrogen and oxygen atoms in total. The maximum atomic E-state index is 13.5. The number of halogens is 2. The maximum Gasteiger partial charge on any atom is 6.00 e. The predicted octanol–water partition coefficient (Wildman–Crippen LogP) is 4.24. The molecule has 0 spiro atoms. The van der Waals surface area contributed by atoms with E-state index in [1.165, 1.54) is 12.1 Å². The second-order valence-electron chi connectivity index (χ2n) is 4.46. The summed E-state index contributed by atoms with van der Waals surface area (Å²) in [5, 5.41) is 2.37. The van der Waals surface area contributed by atoms with E-state index in [4.69, 9.17) is 5.73 Å². The molecular formula is C17H14F2FeN2O+4. The summed E-state index contributed by atoms with van der Waals surface area (Å²) in [7, 11) is 0. The fourth-order valence-corrected chi connectivity index (χ4v) is 1.88. The van der Waals surface area contributed by atoms with Crippen LogP contribution in [0, 0.1) is 11.6 Å². The molecule has 116 valence electrons. The van der Waals surface area contributed by atoms with Crippen molar-refractivity contribution in [1.82, 2.24) is 0 Å². The molecule has 0 aliphatic rings. The minimum Gasteiger partial charge on any atom is -0.352 e. The molecule has 0 radical (unpaired) electrons. The van der Waals surface area contributed by atoms with Crippen LogP contribution in [0.2, 0.25) is 0 Å². The average Bonchev–Trinajstić information content (AvgIpc) is 3.12. The van der Waals surface area contributed by atoms with Crippen molar-refractivity contribution in [3.05, 3.63) is 78.4 Å². The molecule has 2 amide bonds. The van der Waals surface area contributed by atoms with Crippen molar-refractivity contribution in [1.29, 1.82) is 0 Å². The van der Waals surface area contributed by atoms with Gasteiger partial charge in [0.05, 0.1) is 5.82 Å². The zero-order valence-electron chi connectivity index (χ0n) is 11.9. The van der Waals surface area contributed by atoms with E-state index in [0.717, 1.165) is 6.07 Å². The van der Waals surface area contributed by atoms with Gasteiger partial charge in [0.2, 0.25) is 0 Å². The van der Waals surface area contributed by atoms with E-state index >= 15 is 0 Å². The molecule has 0 aromatic heterocycles. The van der Waals surface area contributed by atoms with Crippen LogP contribution in [0.1, 0.15) is 0 Å². The first-order valence-electron chi connectivity index (χ1n) is 6.51. The van der Waals surface area contributed by atoms with Crippen LogP contribution in [0.3, 0.4) is 0 Å². The summed E-state index contributed by atoms with van der Waals surface area (Å²) >= 11 is 0. The number of hydrogen-bond acceptors (Lipinski definition) is 1. The van der Waals surface area contributed by atoms with E-state index in [-0.39, 0.29) is 22.6 Å². The fourth-order valence-electron chi connectivity index (χ4n) is 1.88. The van der Waals surface area contributed by atoms with Crippen LogP contribution < -0.4 is 11.1 Å². The SMILES string of the molecule is NC(=O)Nc1cc[c-](-c2ccc(F)cc2F)c1.[Fe+6].c1cc[cH-]c1. The fraction of sp³-hybridized carbons (Fsp3) is 0. The zero-order valence-corrected chi connectivity index (χ0v) is 13.1. The second kappa shape index (κ2) is 8.88. The Hall–Kier alpha value is -2.43. The molecule has 23 heavy (non-hydrogen) atoms. The summed E-state index contributed by atoms with van der Waals surface area (Å²) < 4.78 is 26.2. The number of rotatable bonds is 2. The number of benzene rings is 1. The van der Waals surface area contributed by atoms with Gasteiger partial charge in [-0.1, -0.05) is 17.2 Å². The Kier molecular flexibility index (Phi) is 7.19. The number of nitrogens with one attached hydrogen (secondary N) is 1. The van der Waals surface area contributed by atoms with Gasteiger partial charge < -0.3 is 11.1 Å². The van der Waals surface area contributed by atoms with Gasteiger partial charge in [-0.05, 0) is 11.8 Å². The minimum absolute atomic E-state index is 0. The van der Waals surface area contributed by atoms with Gasteiger partial charge in [-0.2, -0.15) is 18.2 Å². The van der Waals surface area contributed by atoms with Gasteiger partial charge >= 0.3 is 23.1 Å². The van der Waals surface area contributed by atoms with Gasteiger partial charge in [0.25, 0.3) is 0 Å². The Balaban J connectivity index is 0.000000377. The molecule has 3 aromatic carbocycles. The first-order valence-corrected chi connectivity index (χ1v) is 6.51. The predicted molar refractivity (Wildman–Crippen MR) is 82.6 cm³/mol. The van der Waals surface area contributed by atoms with E-state index in [1.54, 1.807) is 18.2 Å². The van der Waals surface area contributed by atoms with E-state index in [9.17, 15) is 13.6 Å². The molecule has 0 aliphatic carbocycles. The number of amides is 2. The summed E-state index contributed by atoms with van der Waals surface area (Å²) in [5.41, 5.74) is 6.23. The summed E-state index contributed by atoms with van der Waals surface area (Å²) in [6.45, 7) is 0. The van der Waals surface area contributed by atoms with E-state index in [2.05, 4.69) is 5.32 Å². The van der Waals surface area contributed by atoms with Crippen molar-refractivity contribution in [3.8, 4) is 11.1 Å². The zero-order chi connectivity index (χ0) is 15.9. The third kappa shape index (κ3) is 5.69. The normalized spacial score (nSPS) is 9.30. The number of hydrogen-bond donors (Lipinski definition) is 2. The number of nitrogens with two attached hydrogens (primary N) is 1. The third-order valence-corrected chi connectivity index (χ3v) is 2.82. The van der Waals surface area contributed by atoms with Crippen molar-refractivity contribution >= 4 is 11.7 Å². The van der Waals surface area contributed by atoms with Crippen LogP contribution in [0.4, 0.5) is 19.3 Å². The number of primary amides is 1. The van der Waals surface area contributed by atoms with Crippen molar-refractivity contribution in [3.63, 3.8) is 0 Å². The first-order chi connectivity index (χ1) is 10.6. The number of carbonyl (C=O) groups is 1. The van der Waals surface area contributed by atoms with Gasteiger partial charge in [-0.15, -0.1) is 24.3 Å². The van der Waals surface area contributed by atoms with Crippen LogP contribution in [0.15, 0.2) is 66.7 Å². The van der Waals surface area contributed by atoms with Gasteiger partial charge in [-0.3, -0.25) is 4.39 Å².